The van der Waals surface area contributed by atoms with Crippen LogP contribution in [0, 0.1) is 6.92 Å². The highest BCUT2D eigenvalue weighted by Gasteiger charge is 2.29. The van der Waals surface area contributed by atoms with E-state index in [-0.39, 0.29) is 27.6 Å². The number of carbonyl (C=O) groups is 1. The first-order valence-corrected chi connectivity index (χ1v) is 15.4. The smallest absolute Gasteiger partial charge is 0.339 e. The van der Waals surface area contributed by atoms with Crippen LogP contribution >= 0.6 is 11.8 Å². The topological polar surface area (TPSA) is 106 Å². The van der Waals surface area contributed by atoms with Crippen molar-refractivity contribution in [2.24, 2.45) is 10.2 Å². The number of amides is 1. The lowest BCUT2D eigenvalue weighted by molar-refractivity contribution is -0.118. The van der Waals surface area contributed by atoms with E-state index in [4.69, 9.17) is 8.92 Å². The van der Waals surface area contributed by atoms with Crippen LogP contribution in [0.15, 0.2) is 57.6 Å². The van der Waals surface area contributed by atoms with Gasteiger partial charge in [0.2, 0.25) is 5.91 Å². The van der Waals surface area contributed by atoms with Crippen molar-refractivity contribution in [3.8, 4) is 11.5 Å². The maximum absolute atomic E-state index is 12.6. The van der Waals surface area contributed by atoms with Crippen LogP contribution in [-0.2, 0) is 14.9 Å². The summed E-state index contributed by atoms with van der Waals surface area (Å²) < 4.78 is 35.9. The summed E-state index contributed by atoms with van der Waals surface area (Å²) in [6.45, 7) is 4.10. The van der Waals surface area contributed by atoms with Crippen LogP contribution < -0.4 is 14.2 Å². The molecule has 206 valence electrons. The number of ether oxygens (including phenoxy) is 1. The van der Waals surface area contributed by atoms with Crippen molar-refractivity contribution in [2.75, 3.05) is 7.11 Å². The highest BCUT2D eigenvalue weighted by Crippen LogP contribution is 2.31. The summed E-state index contributed by atoms with van der Waals surface area (Å²) in [7, 11) is -2.58. The molecule has 1 aliphatic heterocycles. The molecule has 0 bridgehead atoms. The lowest BCUT2D eigenvalue weighted by Crippen LogP contribution is -2.24. The van der Waals surface area contributed by atoms with Gasteiger partial charge in [-0.15, -0.1) is 5.10 Å². The minimum Gasteiger partial charge on any atom is -0.493 e. The molecule has 2 aromatic rings. The molecule has 1 saturated heterocycles. The fourth-order valence-corrected chi connectivity index (χ4v) is 5.87. The van der Waals surface area contributed by atoms with Crippen molar-refractivity contribution < 1.29 is 22.1 Å². The Labute approximate surface area is 230 Å². The molecule has 10 heteroatoms. The Bertz CT molecular complexity index is 1230. The number of benzene rings is 2. The maximum atomic E-state index is 12.6. The molecule has 1 unspecified atom stereocenters. The third-order valence-corrected chi connectivity index (χ3v) is 8.54. The summed E-state index contributed by atoms with van der Waals surface area (Å²) in [5.74, 6) is 0.287. The quantitative estimate of drug-likeness (QED) is 0.120. The summed E-state index contributed by atoms with van der Waals surface area (Å²) in [5.41, 5.74) is 1.58. The van der Waals surface area contributed by atoms with E-state index in [9.17, 15) is 13.2 Å². The Morgan fingerprint density at radius 3 is 2.34 bits per heavy atom. The predicted molar refractivity (Wildman–Crippen MR) is 154 cm³/mol. The molecule has 0 saturated carbocycles. The molecule has 1 aliphatic rings. The van der Waals surface area contributed by atoms with Gasteiger partial charge in [-0.05, 0) is 49.2 Å². The standard InChI is InChI=1S/C28H37N3O5S2/c1-4-5-6-7-8-9-10-11-12-26-27(32)30-28(37-26)31-29-20-22-15-18-24(25(19-22)35-3)36-38(33,34)23-16-13-21(2)14-17-23/h13-20,26H,4-12H2,1-3H3,(H,30,31,32)/b29-20+. The first-order chi connectivity index (χ1) is 18.3. The second kappa shape index (κ2) is 14.9. The Balaban J connectivity index is 1.51. The van der Waals surface area contributed by atoms with Gasteiger partial charge in [0.1, 0.15) is 4.90 Å². The molecule has 1 atom stereocenters. The first kappa shape index (κ1) is 29.7. The highest BCUT2D eigenvalue weighted by molar-refractivity contribution is 8.15. The summed E-state index contributed by atoms with van der Waals surface area (Å²) in [4.78, 5) is 12.3. The predicted octanol–water partition coefficient (Wildman–Crippen LogP) is 6.22. The van der Waals surface area contributed by atoms with E-state index in [1.807, 2.05) is 6.92 Å². The zero-order valence-electron chi connectivity index (χ0n) is 22.3. The van der Waals surface area contributed by atoms with Crippen molar-refractivity contribution in [1.29, 1.82) is 0 Å². The summed E-state index contributed by atoms with van der Waals surface area (Å²) >= 11 is 1.41. The Hall–Kier alpha value is -2.85. The van der Waals surface area contributed by atoms with Crippen molar-refractivity contribution in [1.82, 2.24) is 5.32 Å². The monoisotopic (exact) mass is 559 g/mol. The van der Waals surface area contributed by atoms with Gasteiger partial charge in [0, 0.05) is 0 Å². The second-order valence-corrected chi connectivity index (χ2v) is 12.0. The van der Waals surface area contributed by atoms with Gasteiger partial charge in [0.05, 0.1) is 18.6 Å². The van der Waals surface area contributed by atoms with Gasteiger partial charge in [0.25, 0.3) is 0 Å². The maximum Gasteiger partial charge on any atom is 0.339 e. The molecular weight excluding hydrogens is 522 g/mol. The molecule has 0 aromatic heterocycles. The molecule has 1 amide bonds. The number of nitrogens with one attached hydrogen (secondary N) is 1. The summed E-state index contributed by atoms with van der Waals surface area (Å²) in [6.07, 6.45) is 12.2. The van der Waals surface area contributed by atoms with Gasteiger partial charge < -0.3 is 14.2 Å². The number of carbonyl (C=O) groups excluding carboxylic acids is 1. The molecule has 38 heavy (non-hydrogen) atoms. The average Bonchev–Trinajstić information content (AvgIpc) is 3.25. The van der Waals surface area contributed by atoms with E-state index in [1.165, 1.54) is 81.8 Å². The van der Waals surface area contributed by atoms with Gasteiger partial charge in [-0.2, -0.15) is 13.5 Å². The number of methoxy groups -OCH3 is 1. The second-order valence-electron chi connectivity index (χ2n) is 9.27. The van der Waals surface area contributed by atoms with Crippen molar-refractivity contribution in [3.63, 3.8) is 0 Å². The van der Waals surface area contributed by atoms with Gasteiger partial charge in [-0.1, -0.05) is 87.7 Å². The Morgan fingerprint density at radius 2 is 1.66 bits per heavy atom. The third kappa shape index (κ3) is 9.16. The minimum atomic E-state index is -4.01. The van der Waals surface area contributed by atoms with E-state index >= 15 is 0 Å². The molecule has 1 N–H and O–H groups in total. The van der Waals surface area contributed by atoms with Crippen molar-refractivity contribution in [3.05, 3.63) is 53.6 Å². The van der Waals surface area contributed by atoms with Crippen LogP contribution in [0.4, 0.5) is 0 Å². The van der Waals surface area contributed by atoms with Crippen LogP contribution in [0.25, 0.3) is 0 Å². The zero-order valence-corrected chi connectivity index (χ0v) is 23.9. The van der Waals surface area contributed by atoms with Gasteiger partial charge in [-0.3, -0.25) is 4.79 Å². The molecule has 1 heterocycles. The van der Waals surface area contributed by atoms with Crippen LogP contribution in [0.5, 0.6) is 11.5 Å². The Kier molecular flexibility index (Phi) is 11.7. The summed E-state index contributed by atoms with van der Waals surface area (Å²) in [5, 5.41) is 11.4. The number of thioether (sulfide) groups is 1. The molecule has 0 spiro atoms. The summed E-state index contributed by atoms with van der Waals surface area (Å²) in [6, 6.07) is 11.2. The fraction of sp³-hybridized carbons (Fsp3) is 0.464. The van der Waals surface area contributed by atoms with Gasteiger partial charge in [-0.25, -0.2) is 0 Å². The van der Waals surface area contributed by atoms with Crippen LogP contribution in [-0.4, -0.2) is 38.1 Å². The molecule has 1 fully saturated rings. The third-order valence-electron chi connectivity index (χ3n) is 6.15. The molecular formula is C28H37N3O5S2. The lowest BCUT2D eigenvalue weighted by atomic mass is 10.1. The zero-order chi connectivity index (χ0) is 27.4. The number of rotatable bonds is 15. The largest absolute Gasteiger partial charge is 0.493 e. The van der Waals surface area contributed by atoms with E-state index in [0.717, 1.165) is 24.8 Å². The molecule has 8 nitrogen and oxygen atoms in total. The molecule has 0 radical (unpaired) electrons. The Morgan fingerprint density at radius 1 is 0.974 bits per heavy atom. The molecule has 0 aliphatic carbocycles. The molecule has 3 rings (SSSR count). The minimum absolute atomic E-state index is 0.0233. The van der Waals surface area contributed by atoms with E-state index in [2.05, 4.69) is 22.4 Å². The van der Waals surface area contributed by atoms with Crippen molar-refractivity contribution >= 4 is 39.2 Å². The molecule has 2 aromatic carbocycles. The van der Waals surface area contributed by atoms with Crippen molar-refractivity contribution in [2.45, 2.75) is 81.8 Å². The van der Waals surface area contributed by atoms with Crippen LogP contribution in [0.1, 0.15) is 75.8 Å². The number of hydrogen-bond donors (Lipinski definition) is 1. The normalized spacial score (nSPS) is 16.8. The van der Waals surface area contributed by atoms with Gasteiger partial charge >= 0.3 is 10.1 Å². The SMILES string of the molecule is CCCCCCCCCCC1S/C(=N/N=C/c2ccc(OS(=O)(=O)c3ccc(C)cc3)c(OC)c2)NC1=O. The van der Waals surface area contributed by atoms with Gasteiger partial charge in [0.15, 0.2) is 16.7 Å². The fourth-order valence-electron chi connectivity index (χ4n) is 3.96. The average molecular weight is 560 g/mol. The number of amidine groups is 1. The van der Waals surface area contributed by atoms with E-state index < -0.39 is 10.1 Å². The highest BCUT2D eigenvalue weighted by atomic mass is 32.2. The number of hydrogen-bond acceptors (Lipinski definition) is 8. The van der Waals surface area contributed by atoms with Crippen LogP contribution in [0.3, 0.4) is 0 Å². The lowest BCUT2D eigenvalue weighted by Gasteiger charge is -2.11. The number of aryl methyl sites for hydroxylation is 1. The van der Waals surface area contributed by atoms with E-state index in [0.29, 0.717) is 10.7 Å². The van der Waals surface area contributed by atoms with Crippen LogP contribution in [0.2, 0.25) is 0 Å². The van der Waals surface area contributed by atoms with E-state index in [1.54, 1.807) is 24.3 Å². The number of unbranched alkanes of at least 4 members (excludes halogenated alkanes) is 7. The number of nitrogens with zero attached hydrogens (tertiary/aromatic N) is 2. The first-order valence-electron chi connectivity index (χ1n) is 13.1.